The number of hydrogen-bond donors (Lipinski definition) is 2. The number of aryl methyl sites for hydroxylation is 4. The Morgan fingerprint density at radius 3 is 2.43 bits per heavy atom. The van der Waals surface area contributed by atoms with Crippen LogP contribution in [0, 0.1) is 27.7 Å². The van der Waals surface area contributed by atoms with Crippen LogP contribution in [0.4, 0.5) is 0 Å². The number of aliphatic hydroxyl groups excluding tert-OH is 1. The minimum atomic E-state index is -1.05. The van der Waals surface area contributed by atoms with Crippen molar-refractivity contribution in [2.75, 3.05) is 0 Å². The zero-order chi connectivity index (χ0) is 26.1. The lowest BCUT2D eigenvalue weighted by molar-refractivity contribution is -0.120. The molecule has 6 nitrogen and oxygen atoms in total. The van der Waals surface area contributed by atoms with Crippen molar-refractivity contribution >= 4 is 16.9 Å². The fourth-order valence-electron chi connectivity index (χ4n) is 4.82. The molecule has 0 fully saturated rings. The average Bonchev–Trinajstić information content (AvgIpc) is 3.45. The van der Waals surface area contributed by atoms with Gasteiger partial charge < -0.3 is 19.3 Å². The molecule has 2 aromatic heterocycles. The van der Waals surface area contributed by atoms with Crippen molar-refractivity contribution in [2.45, 2.75) is 46.3 Å². The first-order valence-electron chi connectivity index (χ1n) is 12.3. The van der Waals surface area contributed by atoms with Gasteiger partial charge in [-0.2, -0.15) is 0 Å². The van der Waals surface area contributed by atoms with E-state index in [2.05, 4.69) is 42.3 Å². The molecule has 0 radical (unpaired) electrons. The molecule has 0 aliphatic heterocycles. The van der Waals surface area contributed by atoms with Gasteiger partial charge in [0, 0.05) is 12.3 Å². The summed E-state index contributed by atoms with van der Waals surface area (Å²) in [5.74, 6) is 1.15. The van der Waals surface area contributed by atoms with Crippen LogP contribution in [0.1, 0.15) is 63.1 Å². The second kappa shape index (κ2) is 10.1. The first-order chi connectivity index (χ1) is 17.8. The molecule has 188 valence electrons. The largest absolute Gasteiger partial charge is 0.458 e. The summed E-state index contributed by atoms with van der Waals surface area (Å²) in [5, 5.41) is 14.8. The third-order valence-electron chi connectivity index (χ3n) is 6.60. The third-order valence-corrected chi connectivity index (χ3v) is 6.60. The summed E-state index contributed by atoms with van der Waals surface area (Å²) in [7, 11) is 0. The molecule has 2 N–H and O–H groups in total. The zero-order valence-corrected chi connectivity index (χ0v) is 21.4. The minimum Gasteiger partial charge on any atom is -0.458 e. The van der Waals surface area contributed by atoms with Gasteiger partial charge in [-0.05, 0) is 61.2 Å². The van der Waals surface area contributed by atoms with Crippen LogP contribution in [0.2, 0.25) is 0 Å². The number of aliphatic hydroxyl groups is 1. The molecule has 0 aliphatic carbocycles. The monoisotopic (exact) mass is 494 g/mol. The average molecular weight is 495 g/mol. The van der Waals surface area contributed by atoms with Crippen molar-refractivity contribution in [1.82, 2.24) is 10.3 Å². The topological polar surface area (TPSA) is 88.5 Å². The molecule has 0 bridgehead atoms. The number of nitrogens with one attached hydrogen (secondary N) is 1. The Kier molecular flexibility index (Phi) is 6.68. The van der Waals surface area contributed by atoms with Gasteiger partial charge in [-0.15, -0.1) is 0 Å². The Bertz CT molecular complexity index is 1570. The fourth-order valence-corrected chi connectivity index (χ4v) is 4.82. The number of amides is 1. The number of nitrogens with zero attached hydrogens (tertiary/aromatic N) is 1. The molecular formula is C31H30N2O4. The second-order valence-electron chi connectivity index (χ2n) is 9.55. The number of rotatable bonds is 7. The van der Waals surface area contributed by atoms with Crippen molar-refractivity contribution in [3.63, 3.8) is 0 Å². The van der Waals surface area contributed by atoms with Crippen LogP contribution in [-0.2, 0) is 11.2 Å². The summed E-state index contributed by atoms with van der Waals surface area (Å²) in [5.41, 5.74) is 6.54. The summed E-state index contributed by atoms with van der Waals surface area (Å²) in [6, 6.07) is 23.5. The van der Waals surface area contributed by atoms with Gasteiger partial charge in [0.15, 0.2) is 17.8 Å². The highest BCUT2D eigenvalue weighted by Gasteiger charge is 2.23. The number of carbonyl (C=O) groups excluding carboxylic acids is 1. The van der Waals surface area contributed by atoms with E-state index in [-0.39, 0.29) is 18.4 Å². The van der Waals surface area contributed by atoms with Gasteiger partial charge in [0.25, 0.3) is 0 Å². The lowest BCUT2D eigenvalue weighted by Gasteiger charge is -2.22. The molecule has 1 unspecified atom stereocenters. The number of aromatic nitrogens is 1. The van der Waals surface area contributed by atoms with E-state index in [1.807, 2.05) is 48.5 Å². The van der Waals surface area contributed by atoms with Gasteiger partial charge in [0.2, 0.25) is 5.91 Å². The highest BCUT2D eigenvalue weighted by atomic mass is 16.4. The molecule has 0 spiro atoms. The smallest absolute Gasteiger partial charge is 0.225 e. The number of benzene rings is 3. The van der Waals surface area contributed by atoms with Crippen molar-refractivity contribution in [2.24, 2.45) is 0 Å². The predicted molar refractivity (Wildman–Crippen MR) is 142 cm³/mol. The van der Waals surface area contributed by atoms with Gasteiger partial charge in [-0.3, -0.25) is 4.79 Å². The van der Waals surface area contributed by atoms with E-state index in [1.54, 1.807) is 19.9 Å². The van der Waals surface area contributed by atoms with Gasteiger partial charge in [-0.1, -0.05) is 60.2 Å². The maximum absolute atomic E-state index is 13.2. The van der Waals surface area contributed by atoms with Gasteiger partial charge in [-0.25, -0.2) is 4.98 Å². The van der Waals surface area contributed by atoms with Crippen LogP contribution in [-0.4, -0.2) is 16.0 Å². The Hall–Kier alpha value is -4.16. The zero-order valence-electron chi connectivity index (χ0n) is 21.4. The summed E-state index contributed by atoms with van der Waals surface area (Å²) in [4.78, 5) is 17.5. The van der Waals surface area contributed by atoms with E-state index >= 15 is 0 Å². The van der Waals surface area contributed by atoms with E-state index in [0.717, 1.165) is 27.6 Å². The molecule has 5 aromatic rings. The summed E-state index contributed by atoms with van der Waals surface area (Å²) in [6.07, 6.45) is -0.835. The maximum atomic E-state index is 13.2. The van der Waals surface area contributed by atoms with Crippen molar-refractivity contribution < 1.29 is 18.7 Å². The molecule has 0 saturated heterocycles. The SMILES string of the molecule is Cc1ccc([C@@H](NC(=O)Cc2ccc3oc(C(O)c4oc(C)nc4C)cc3c2)c2ccccc2)c(C)c1. The molecule has 0 saturated carbocycles. The highest BCUT2D eigenvalue weighted by Crippen LogP contribution is 2.31. The molecule has 2 heterocycles. The normalized spacial score (nSPS) is 13.0. The van der Waals surface area contributed by atoms with E-state index < -0.39 is 6.10 Å². The molecule has 6 heteroatoms. The molecule has 2 atom stereocenters. The van der Waals surface area contributed by atoms with E-state index in [4.69, 9.17) is 8.83 Å². The number of carbonyl (C=O) groups is 1. The lowest BCUT2D eigenvalue weighted by atomic mass is 9.93. The summed E-state index contributed by atoms with van der Waals surface area (Å²) < 4.78 is 11.4. The number of fused-ring (bicyclic) bond motifs is 1. The van der Waals surface area contributed by atoms with Gasteiger partial charge in [0.05, 0.1) is 18.2 Å². The van der Waals surface area contributed by atoms with Crippen molar-refractivity contribution in [3.8, 4) is 0 Å². The van der Waals surface area contributed by atoms with E-state index in [9.17, 15) is 9.90 Å². The highest BCUT2D eigenvalue weighted by molar-refractivity contribution is 5.83. The molecular weight excluding hydrogens is 464 g/mol. The Morgan fingerprint density at radius 2 is 1.73 bits per heavy atom. The molecule has 1 amide bonds. The minimum absolute atomic E-state index is 0.0790. The summed E-state index contributed by atoms with van der Waals surface area (Å²) in [6.45, 7) is 7.67. The van der Waals surface area contributed by atoms with Gasteiger partial charge in [0.1, 0.15) is 11.3 Å². The first kappa shape index (κ1) is 24.5. The first-order valence-corrected chi connectivity index (χ1v) is 12.3. The quantitative estimate of drug-likeness (QED) is 0.282. The number of oxazole rings is 1. The number of hydrogen-bond acceptors (Lipinski definition) is 5. The molecule has 0 aliphatic rings. The molecule has 37 heavy (non-hydrogen) atoms. The lowest BCUT2D eigenvalue weighted by Crippen LogP contribution is -2.31. The van der Waals surface area contributed by atoms with Crippen molar-refractivity contribution in [1.29, 1.82) is 0 Å². The standard InChI is InChI=1S/C31H30N2O4/c1-18-10-12-25(19(2)14-18)29(23-8-6-5-7-9-23)33-28(34)16-22-11-13-26-24(15-22)17-27(37-26)30(35)31-20(3)32-21(4)36-31/h5-15,17,29-30,35H,16H2,1-4H3,(H,33,34)/t29-,30?/m0/s1. The Morgan fingerprint density at radius 1 is 0.946 bits per heavy atom. The van der Waals surface area contributed by atoms with E-state index in [1.165, 1.54) is 5.56 Å². The maximum Gasteiger partial charge on any atom is 0.225 e. The molecule has 5 rings (SSSR count). The van der Waals surface area contributed by atoms with Crippen LogP contribution in [0.15, 0.2) is 81.6 Å². The summed E-state index contributed by atoms with van der Waals surface area (Å²) >= 11 is 0. The third kappa shape index (κ3) is 5.20. The van der Waals surface area contributed by atoms with Crippen LogP contribution >= 0.6 is 0 Å². The Labute approximate surface area is 216 Å². The van der Waals surface area contributed by atoms with Crippen LogP contribution in [0.25, 0.3) is 11.0 Å². The van der Waals surface area contributed by atoms with Crippen LogP contribution in [0.5, 0.6) is 0 Å². The Balaban J connectivity index is 1.37. The second-order valence-corrected chi connectivity index (χ2v) is 9.55. The number of furan rings is 1. The predicted octanol–water partition coefficient (Wildman–Crippen LogP) is 6.18. The van der Waals surface area contributed by atoms with E-state index in [0.29, 0.717) is 28.7 Å². The van der Waals surface area contributed by atoms with Crippen LogP contribution in [0.3, 0.4) is 0 Å². The van der Waals surface area contributed by atoms with Crippen molar-refractivity contribution in [3.05, 3.63) is 124 Å². The fraction of sp³-hybridized carbons (Fsp3) is 0.226. The van der Waals surface area contributed by atoms with Crippen LogP contribution < -0.4 is 5.32 Å². The van der Waals surface area contributed by atoms with Gasteiger partial charge >= 0.3 is 0 Å². The molecule has 3 aromatic carbocycles.